The van der Waals surface area contributed by atoms with Gasteiger partial charge in [0.25, 0.3) is 0 Å². The number of hydrogen-bond acceptors (Lipinski definition) is 6. The van der Waals surface area contributed by atoms with Gasteiger partial charge in [-0.3, -0.25) is 0 Å². The molecule has 4 aromatic heterocycles. The van der Waals surface area contributed by atoms with Crippen molar-refractivity contribution in [1.82, 2.24) is 19.9 Å². The van der Waals surface area contributed by atoms with Gasteiger partial charge in [0.2, 0.25) is 0 Å². The largest absolute Gasteiger partial charge is 0.452 e. The molecule has 11 rings (SSSR count). The van der Waals surface area contributed by atoms with Crippen LogP contribution in [0.25, 0.3) is 112 Å². The molecule has 0 unspecified atom stereocenters. The number of para-hydroxylation sites is 2. The number of rotatable bonds is 6. The smallest absolute Gasteiger partial charge is 0.180 e. The third-order valence-corrected chi connectivity index (χ3v) is 10.4. The first-order valence-corrected chi connectivity index (χ1v) is 18.6. The van der Waals surface area contributed by atoms with Crippen LogP contribution in [0.3, 0.4) is 0 Å². The number of fused-ring (bicyclic) bond motifs is 6. The van der Waals surface area contributed by atoms with Gasteiger partial charge in [0.05, 0.1) is 0 Å². The van der Waals surface area contributed by atoms with Crippen molar-refractivity contribution in [3.63, 3.8) is 0 Å². The fourth-order valence-corrected chi connectivity index (χ4v) is 7.78. The van der Waals surface area contributed by atoms with Gasteiger partial charge >= 0.3 is 0 Å². The van der Waals surface area contributed by atoms with Gasteiger partial charge in [-0.15, -0.1) is 0 Å². The van der Waals surface area contributed by atoms with Crippen molar-refractivity contribution in [2.45, 2.75) is 0 Å². The molecule has 4 heterocycles. The minimum Gasteiger partial charge on any atom is -0.452 e. The van der Waals surface area contributed by atoms with Gasteiger partial charge in [-0.2, -0.15) is 0 Å². The van der Waals surface area contributed by atoms with Crippen molar-refractivity contribution in [1.29, 1.82) is 0 Å². The normalized spacial score (nSPS) is 11.6. The summed E-state index contributed by atoms with van der Waals surface area (Å²) in [5, 5.41) is 1.90. The summed E-state index contributed by atoms with van der Waals surface area (Å²) in [6.45, 7) is 0. The van der Waals surface area contributed by atoms with Crippen LogP contribution in [-0.4, -0.2) is 19.9 Å². The van der Waals surface area contributed by atoms with E-state index in [1.165, 1.54) is 0 Å². The maximum atomic E-state index is 6.57. The van der Waals surface area contributed by atoms with E-state index in [4.69, 9.17) is 28.8 Å². The van der Waals surface area contributed by atoms with Crippen LogP contribution in [-0.2, 0) is 0 Å². The van der Waals surface area contributed by atoms with E-state index in [0.29, 0.717) is 22.8 Å². The monoisotopic (exact) mass is 718 g/mol. The summed E-state index contributed by atoms with van der Waals surface area (Å²) in [5.74, 6) is 1.26. The Bertz CT molecular complexity index is 3260. The Labute approximate surface area is 321 Å². The maximum absolute atomic E-state index is 6.57. The highest BCUT2D eigenvalue weighted by Crippen LogP contribution is 2.44. The first kappa shape index (κ1) is 31.8. The predicted octanol–water partition coefficient (Wildman–Crippen LogP) is 13.1. The molecule has 0 N–H and O–H groups in total. The molecule has 0 aliphatic rings. The van der Waals surface area contributed by atoms with Gasteiger partial charge in [0.1, 0.15) is 33.6 Å². The standard InChI is InChI=1S/C50H30N4O2/c1-3-17-31(18-4-1)43-47-45(39-27-13-15-29-41(39)55-47)54-50(51-43)38-26-12-10-24-36(38)34-22-8-7-21-33(34)35-23-9-11-25-37(35)44-48-46(40-28-14-16-30-42(40)56-48)53-49(52-44)32-19-5-2-6-20-32/h1-30H. The molecule has 7 aromatic carbocycles. The summed E-state index contributed by atoms with van der Waals surface area (Å²) in [4.78, 5) is 20.8. The van der Waals surface area contributed by atoms with Gasteiger partial charge < -0.3 is 8.83 Å². The van der Waals surface area contributed by atoms with Gasteiger partial charge in [-0.05, 0) is 46.5 Å². The maximum Gasteiger partial charge on any atom is 0.180 e. The van der Waals surface area contributed by atoms with Gasteiger partial charge in [0.15, 0.2) is 22.8 Å². The van der Waals surface area contributed by atoms with Gasteiger partial charge in [0, 0.05) is 33.0 Å². The van der Waals surface area contributed by atoms with Crippen molar-refractivity contribution in [3.8, 4) is 67.5 Å². The molecule has 6 nitrogen and oxygen atoms in total. The van der Waals surface area contributed by atoms with E-state index in [2.05, 4.69) is 91.0 Å². The van der Waals surface area contributed by atoms with Crippen LogP contribution in [0.5, 0.6) is 0 Å². The van der Waals surface area contributed by atoms with Crippen molar-refractivity contribution in [2.24, 2.45) is 0 Å². The molecule has 11 aromatic rings. The molecule has 0 radical (unpaired) electrons. The lowest BCUT2D eigenvalue weighted by atomic mass is 9.88. The van der Waals surface area contributed by atoms with E-state index in [1.807, 2.05) is 91.0 Å². The van der Waals surface area contributed by atoms with E-state index >= 15 is 0 Å². The zero-order valence-electron chi connectivity index (χ0n) is 29.9. The minimum absolute atomic E-state index is 0.619. The lowest BCUT2D eigenvalue weighted by Crippen LogP contribution is -1.97. The minimum atomic E-state index is 0.619. The van der Waals surface area contributed by atoms with Crippen molar-refractivity contribution >= 4 is 44.1 Å². The van der Waals surface area contributed by atoms with Gasteiger partial charge in [-0.1, -0.05) is 158 Å². The first-order chi connectivity index (χ1) is 27.8. The molecule has 0 atom stereocenters. The Balaban J connectivity index is 1.14. The molecule has 0 saturated carbocycles. The van der Waals surface area contributed by atoms with E-state index < -0.39 is 0 Å². The average molecular weight is 719 g/mol. The molecule has 0 fully saturated rings. The van der Waals surface area contributed by atoms with Crippen LogP contribution in [0.4, 0.5) is 0 Å². The van der Waals surface area contributed by atoms with E-state index in [0.717, 1.165) is 88.9 Å². The van der Waals surface area contributed by atoms with Gasteiger partial charge in [-0.25, -0.2) is 19.9 Å². The molecule has 262 valence electrons. The van der Waals surface area contributed by atoms with Crippen molar-refractivity contribution in [2.75, 3.05) is 0 Å². The molecular formula is C50H30N4O2. The Kier molecular flexibility index (Phi) is 7.38. The molecule has 0 bridgehead atoms. The Morgan fingerprint density at radius 2 is 0.679 bits per heavy atom. The fraction of sp³-hybridized carbons (Fsp3) is 0. The Hall–Kier alpha value is -7.70. The van der Waals surface area contributed by atoms with E-state index in [9.17, 15) is 0 Å². The highest BCUT2D eigenvalue weighted by Gasteiger charge is 2.24. The van der Waals surface area contributed by atoms with Crippen molar-refractivity contribution in [3.05, 3.63) is 182 Å². The van der Waals surface area contributed by atoms with E-state index in [-0.39, 0.29) is 0 Å². The first-order valence-electron chi connectivity index (χ1n) is 18.6. The molecule has 0 amide bonds. The topological polar surface area (TPSA) is 77.8 Å². The molecule has 0 spiro atoms. The lowest BCUT2D eigenvalue weighted by Gasteiger charge is -2.17. The van der Waals surface area contributed by atoms with Crippen molar-refractivity contribution < 1.29 is 8.83 Å². The summed E-state index contributed by atoms with van der Waals surface area (Å²) in [5.41, 5.74) is 13.8. The number of hydrogen-bond donors (Lipinski definition) is 0. The fourth-order valence-electron chi connectivity index (χ4n) is 7.78. The molecule has 0 saturated heterocycles. The molecule has 6 heteroatoms. The highest BCUT2D eigenvalue weighted by molar-refractivity contribution is 6.09. The third kappa shape index (κ3) is 5.19. The number of benzene rings is 7. The zero-order valence-corrected chi connectivity index (χ0v) is 29.9. The second-order valence-electron chi connectivity index (χ2n) is 13.7. The SMILES string of the molecule is c1ccc(-c2nc(-c3ccccc3-c3ccccc3-c3ccccc3-c3nc(-c4ccccc4)c4oc5ccccc5c4n3)c3oc4ccccc4c3n2)cc1. The predicted molar refractivity (Wildman–Crippen MR) is 225 cm³/mol. The summed E-state index contributed by atoms with van der Waals surface area (Å²) >= 11 is 0. The summed E-state index contributed by atoms with van der Waals surface area (Å²) in [6.07, 6.45) is 0. The van der Waals surface area contributed by atoms with Crippen LogP contribution < -0.4 is 0 Å². The zero-order chi connectivity index (χ0) is 37.0. The van der Waals surface area contributed by atoms with Crippen LogP contribution in [0, 0.1) is 0 Å². The number of nitrogens with zero attached hydrogens (tertiary/aromatic N) is 4. The summed E-state index contributed by atoms with van der Waals surface area (Å²) < 4.78 is 13.0. The number of aromatic nitrogens is 4. The second-order valence-corrected chi connectivity index (χ2v) is 13.7. The Morgan fingerprint density at radius 1 is 0.286 bits per heavy atom. The molecule has 0 aliphatic carbocycles. The average Bonchev–Trinajstić information content (AvgIpc) is 3.85. The van der Waals surface area contributed by atoms with Crippen LogP contribution in [0.1, 0.15) is 0 Å². The van der Waals surface area contributed by atoms with Crippen LogP contribution in [0.2, 0.25) is 0 Å². The number of furan rings is 2. The highest BCUT2D eigenvalue weighted by atomic mass is 16.3. The van der Waals surface area contributed by atoms with Crippen LogP contribution in [0.15, 0.2) is 191 Å². The lowest BCUT2D eigenvalue weighted by molar-refractivity contribution is 0.667. The second kappa shape index (κ2) is 13.0. The third-order valence-electron chi connectivity index (χ3n) is 10.4. The molecule has 0 aliphatic heterocycles. The summed E-state index contributed by atoms with van der Waals surface area (Å²) in [7, 11) is 0. The molecule has 56 heavy (non-hydrogen) atoms. The molecular weight excluding hydrogens is 689 g/mol. The van der Waals surface area contributed by atoms with E-state index in [1.54, 1.807) is 0 Å². The quantitative estimate of drug-likeness (QED) is 0.170. The summed E-state index contributed by atoms with van der Waals surface area (Å²) in [6, 6.07) is 61.6. The van der Waals surface area contributed by atoms with Crippen LogP contribution >= 0.6 is 0 Å². The Morgan fingerprint density at radius 3 is 1.27 bits per heavy atom.